The fraction of sp³-hybridized carbons (Fsp3) is 0.600. The van der Waals surface area contributed by atoms with Crippen LogP contribution in [0.5, 0.6) is 0 Å². The zero-order chi connectivity index (χ0) is 11.0. The molecule has 0 aromatic carbocycles. The Balaban J connectivity index is 2.56. The number of imidazole rings is 1. The Morgan fingerprint density at radius 2 is 2.33 bits per heavy atom. The average Bonchev–Trinajstić information content (AvgIpc) is 2.56. The molecule has 0 saturated carbocycles. The number of nitrogens with one attached hydrogen (secondary N) is 1. The van der Waals surface area contributed by atoms with E-state index in [0.717, 1.165) is 24.4 Å². The van der Waals surface area contributed by atoms with Crippen LogP contribution in [0.4, 0.5) is 0 Å². The summed E-state index contributed by atoms with van der Waals surface area (Å²) in [5.41, 5.74) is 1.95. The standard InChI is InChI=1S/C10H15N3O2/c1-6(2)13-8-3-4-11-5-7(8)12-9(13)10(14)15/h6,11H,3-5H2,1-2H3,(H,14,15). The Morgan fingerprint density at radius 1 is 1.60 bits per heavy atom. The number of fused-ring (bicyclic) bond motifs is 1. The number of aromatic nitrogens is 2. The Labute approximate surface area is 88.1 Å². The van der Waals surface area contributed by atoms with Gasteiger partial charge in [-0.25, -0.2) is 9.78 Å². The lowest BCUT2D eigenvalue weighted by Gasteiger charge is -2.17. The minimum atomic E-state index is -0.946. The second-order valence-corrected chi connectivity index (χ2v) is 4.02. The van der Waals surface area contributed by atoms with Crippen molar-refractivity contribution < 1.29 is 9.90 Å². The minimum absolute atomic E-state index is 0.144. The molecule has 15 heavy (non-hydrogen) atoms. The van der Waals surface area contributed by atoms with Crippen molar-refractivity contribution in [3.8, 4) is 0 Å². The summed E-state index contributed by atoms with van der Waals surface area (Å²) in [6.45, 7) is 5.53. The second kappa shape index (κ2) is 3.66. The Bertz CT molecular complexity index is 396. The number of hydrogen-bond acceptors (Lipinski definition) is 3. The predicted octanol–water partition coefficient (Wildman–Crippen LogP) is 0.808. The smallest absolute Gasteiger partial charge is 0.372 e. The Kier molecular flexibility index (Phi) is 2.48. The SMILES string of the molecule is CC(C)n1c(C(=O)O)nc2c1CCNC2. The number of carboxylic acid groups (broad SMARTS) is 1. The molecule has 1 aliphatic rings. The van der Waals surface area contributed by atoms with Gasteiger partial charge in [0.15, 0.2) is 0 Å². The van der Waals surface area contributed by atoms with Crippen molar-refractivity contribution >= 4 is 5.97 Å². The van der Waals surface area contributed by atoms with Crippen molar-refractivity contribution in [2.24, 2.45) is 0 Å². The van der Waals surface area contributed by atoms with Gasteiger partial charge < -0.3 is 15.0 Å². The summed E-state index contributed by atoms with van der Waals surface area (Å²) in [6, 6.07) is 0.144. The summed E-state index contributed by atoms with van der Waals surface area (Å²) < 4.78 is 1.83. The highest BCUT2D eigenvalue weighted by Crippen LogP contribution is 2.20. The first-order valence-electron chi connectivity index (χ1n) is 5.15. The number of carbonyl (C=O) groups is 1. The maximum Gasteiger partial charge on any atom is 0.372 e. The molecule has 0 bridgehead atoms. The van der Waals surface area contributed by atoms with E-state index >= 15 is 0 Å². The lowest BCUT2D eigenvalue weighted by atomic mass is 10.1. The molecule has 82 valence electrons. The number of aromatic carboxylic acids is 1. The van der Waals surface area contributed by atoms with Gasteiger partial charge in [0.1, 0.15) is 0 Å². The van der Waals surface area contributed by atoms with Crippen LogP contribution in [0.1, 0.15) is 41.9 Å². The monoisotopic (exact) mass is 209 g/mol. The van der Waals surface area contributed by atoms with Gasteiger partial charge in [-0.05, 0) is 13.8 Å². The summed E-state index contributed by atoms with van der Waals surface area (Å²) in [7, 11) is 0. The molecule has 2 heterocycles. The summed E-state index contributed by atoms with van der Waals surface area (Å²) in [5.74, 6) is -0.781. The van der Waals surface area contributed by atoms with Crippen LogP contribution in [0.25, 0.3) is 0 Å². The lowest BCUT2D eigenvalue weighted by molar-refractivity contribution is 0.0676. The summed E-state index contributed by atoms with van der Waals surface area (Å²) in [4.78, 5) is 15.2. The van der Waals surface area contributed by atoms with Gasteiger partial charge in [0.25, 0.3) is 0 Å². The Hall–Kier alpha value is -1.36. The van der Waals surface area contributed by atoms with Crippen molar-refractivity contribution in [1.29, 1.82) is 0 Å². The second-order valence-electron chi connectivity index (χ2n) is 4.02. The van der Waals surface area contributed by atoms with Crippen LogP contribution in [0.2, 0.25) is 0 Å². The first-order chi connectivity index (χ1) is 7.11. The third kappa shape index (κ3) is 1.63. The van der Waals surface area contributed by atoms with E-state index in [1.165, 1.54) is 0 Å². The molecule has 1 aromatic rings. The number of hydrogen-bond donors (Lipinski definition) is 2. The molecule has 0 saturated heterocycles. The topological polar surface area (TPSA) is 67.2 Å². The van der Waals surface area contributed by atoms with Crippen LogP contribution in [0.3, 0.4) is 0 Å². The molecule has 0 radical (unpaired) electrons. The maximum atomic E-state index is 11.0. The van der Waals surface area contributed by atoms with Crippen LogP contribution in [-0.2, 0) is 13.0 Å². The molecule has 2 N–H and O–H groups in total. The quantitative estimate of drug-likeness (QED) is 0.756. The molecule has 5 nitrogen and oxygen atoms in total. The zero-order valence-electron chi connectivity index (χ0n) is 8.95. The zero-order valence-corrected chi connectivity index (χ0v) is 8.95. The summed E-state index contributed by atoms with van der Waals surface area (Å²) >= 11 is 0. The van der Waals surface area contributed by atoms with Gasteiger partial charge in [0, 0.05) is 31.2 Å². The highest BCUT2D eigenvalue weighted by Gasteiger charge is 2.24. The van der Waals surface area contributed by atoms with Crippen LogP contribution < -0.4 is 5.32 Å². The van der Waals surface area contributed by atoms with Gasteiger partial charge in [-0.2, -0.15) is 0 Å². The lowest BCUT2D eigenvalue weighted by Crippen LogP contribution is -2.25. The highest BCUT2D eigenvalue weighted by atomic mass is 16.4. The highest BCUT2D eigenvalue weighted by molar-refractivity contribution is 5.84. The van der Waals surface area contributed by atoms with E-state index in [4.69, 9.17) is 5.11 Å². The van der Waals surface area contributed by atoms with Crippen molar-refractivity contribution in [1.82, 2.24) is 14.9 Å². The number of carboxylic acids is 1. The van der Waals surface area contributed by atoms with Crippen molar-refractivity contribution in [2.45, 2.75) is 32.9 Å². The van der Waals surface area contributed by atoms with Crippen LogP contribution in [-0.4, -0.2) is 27.2 Å². The minimum Gasteiger partial charge on any atom is -0.475 e. The number of rotatable bonds is 2. The van der Waals surface area contributed by atoms with Gasteiger partial charge in [-0.3, -0.25) is 0 Å². The van der Waals surface area contributed by atoms with Gasteiger partial charge >= 0.3 is 5.97 Å². The van der Waals surface area contributed by atoms with E-state index in [0.29, 0.717) is 6.54 Å². The fourth-order valence-corrected chi connectivity index (χ4v) is 2.04. The molecule has 5 heteroatoms. The molecule has 0 atom stereocenters. The van der Waals surface area contributed by atoms with Gasteiger partial charge in [-0.15, -0.1) is 0 Å². The van der Waals surface area contributed by atoms with E-state index in [1.54, 1.807) is 0 Å². The average molecular weight is 209 g/mol. The van der Waals surface area contributed by atoms with E-state index in [1.807, 2.05) is 18.4 Å². The first-order valence-corrected chi connectivity index (χ1v) is 5.15. The summed E-state index contributed by atoms with van der Waals surface area (Å²) in [5, 5.41) is 12.3. The van der Waals surface area contributed by atoms with Crippen molar-refractivity contribution in [3.63, 3.8) is 0 Å². The summed E-state index contributed by atoms with van der Waals surface area (Å²) in [6.07, 6.45) is 0.855. The molecule has 0 aliphatic carbocycles. The largest absolute Gasteiger partial charge is 0.475 e. The Morgan fingerprint density at radius 3 is 2.93 bits per heavy atom. The molecule has 1 aliphatic heterocycles. The van der Waals surface area contributed by atoms with E-state index in [9.17, 15) is 4.79 Å². The molecule has 0 fully saturated rings. The van der Waals surface area contributed by atoms with Gasteiger partial charge in [0.2, 0.25) is 5.82 Å². The molecule has 0 amide bonds. The fourth-order valence-electron chi connectivity index (χ4n) is 2.04. The molecular formula is C10H15N3O2. The van der Waals surface area contributed by atoms with E-state index in [-0.39, 0.29) is 11.9 Å². The third-order valence-corrected chi connectivity index (χ3v) is 2.63. The molecule has 1 aromatic heterocycles. The first kappa shape index (κ1) is 10.2. The molecule has 2 rings (SSSR count). The molecule has 0 unspecified atom stereocenters. The van der Waals surface area contributed by atoms with E-state index in [2.05, 4.69) is 10.3 Å². The normalized spacial score (nSPS) is 15.4. The van der Waals surface area contributed by atoms with Crippen molar-refractivity contribution in [2.75, 3.05) is 6.54 Å². The number of nitrogens with zero attached hydrogens (tertiary/aromatic N) is 2. The van der Waals surface area contributed by atoms with Crippen LogP contribution in [0, 0.1) is 0 Å². The van der Waals surface area contributed by atoms with Gasteiger partial charge in [-0.1, -0.05) is 0 Å². The van der Waals surface area contributed by atoms with Crippen LogP contribution in [0.15, 0.2) is 0 Å². The van der Waals surface area contributed by atoms with E-state index < -0.39 is 5.97 Å². The third-order valence-electron chi connectivity index (χ3n) is 2.63. The van der Waals surface area contributed by atoms with Gasteiger partial charge in [0.05, 0.1) is 5.69 Å². The predicted molar refractivity (Wildman–Crippen MR) is 55.0 cm³/mol. The van der Waals surface area contributed by atoms with Crippen molar-refractivity contribution in [3.05, 3.63) is 17.2 Å². The van der Waals surface area contributed by atoms with Crippen LogP contribution >= 0.6 is 0 Å². The maximum absolute atomic E-state index is 11.0. The molecular weight excluding hydrogens is 194 g/mol. The molecule has 0 spiro atoms.